The summed E-state index contributed by atoms with van der Waals surface area (Å²) in [5, 5.41) is 3.07. The van der Waals surface area contributed by atoms with Crippen LogP contribution in [0, 0.1) is 5.92 Å². The Kier molecular flexibility index (Phi) is 6.60. The summed E-state index contributed by atoms with van der Waals surface area (Å²) in [6.07, 6.45) is 0.767. The SMILES string of the molecule is CN(C(=O)[C@H](Cc1ccccc1)Cc1ns[nH]c1=O)c1nc(-c2ccccc2Cl)cs1. The average Bonchev–Trinajstić information content (AvgIpc) is 3.43. The number of aromatic nitrogens is 3. The molecule has 158 valence electrons. The molecular formula is C22H19ClN4O2S2. The van der Waals surface area contributed by atoms with E-state index in [1.807, 2.05) is 60.0 Å². The van der Waals surface area contributed by atoms with E-state index in [1.54, 1.807) is 11.9 Å². The number of thiazole rings is 1. The van der Waals surface area contributed by atoms with Crippen LogP contribution in [-0.2, 0) is 17.6 Å². The first kappa shape index (κ1) is 21.4. The number of hydrogen-bond donors (Lipinski definition) is 1. The molecule has 0 aliphatic carbocycles. The van der Waals surface area contributed by atoms with Gasteiger partial charge in [-0.25, -0.2) is 4.98 Å². The molecule has 2 aromatic heterocycles. The molecule has 0 radical (unpaired) electrons. The van der Waals surface area contributed by atoms with Crippen LogP contribution in [0.4, 0.5) is 5.13 Å². The van der Waals surface area contributed by atoms with E-state index in [0.717, 1.165) is 28.5 Å². The molecule has 1 amide bonds. The van der Waals surface area contributed by atoms with Gasteiger partial charge in [-0.1, -0.05) is 60.1 Å². The number of nitrogens with zero attached hydrogens (tertiary/aromatic N) is 3. The van der Waals surface area contributed by atoms with Crippen LogP contribution >= 0.6 is 34.7 Å². The summed E-state index contributed by atoms with van der Waals surface area (Å²) >= 11 is 8.67. The first-order valence-electron chi connectivity index (χ1n) is 9.58. The Balaban J connectivity index is 1.59. The van der Waals surface area contributed by atoms with Gasteiger partial charge in [-0.2, -0.15) is 4.37 Å². The standard InChI is InChI=1S/C22H19ClN4O2S2/c1-27(22-24-19(13-30-22)16-9-5-6-10-17(16)23)21(29)15(11-14-7-3-2-4-8-14)12-18-20(28)26-31-25-18/h2-10,13,15H,11-12H2,1H3,(H,26,28)/t15-/m1/s1. The quantitative estimate of drug-likeness (QED) is 0.425. The number of amides is 1. The van der Waals surface area contributed by atoms with Crippen LogP contribution in [0.25, 0.3) is 11.3 Å². The van der Waals surface area contributed by atoms with Crippen molar-refractivity contribution in [3.05, 3.63) is 86.6 Å². The molecule has 0 aliphatic rings. The van der Waals surface area contributed by atoms with Crippen molar-refractivity contribution in [2.45, 2.75) is 12.8 Å². The summed E-state index contributed by atoms with van der Waals surface area (Å²) in [5.41, 5.74) is 2.71. The Morgan fingerprint density at radius 2 is 1.87 bits per heavy atom. The van der Waals surface area contributed by atoms with Crippen LogP contribution in [0.5, 0.6) is 0 Å². The van der Waals surface area contributed by atoms with Gasteiger partial charge in [0.25, 0.3) is 5.56 Å². The lowest BCUT2D eigenvalue weighted by Crippen LogP contribution is -2.36. The fourth-order valence-electron chi connectivity index (χ4n) is 3.31. The van der Waals surface area contributed by atoms with Crippen molar-refractivity contribution in [2.24, 2.45) is 5.92 Å². The molecule has 0 spiro atoms. The maximum Gasteiger partial charge on any atom is 0.281 e. The predicted molar refractivity (Wildman–Crippen MR) is 126 cm³/mol. The second-order valence-electron chi connectivity index (χ2n) is 7.04. The van der Waals surface area contributed by atoms with Crippen LogP contribution < -0.4 is 10.5 Å². The number of nitrogens with one attached hydrogen (secondary N) is 1. The predicted octanol–water partition coefficient (Wildman–Crippen LogP) is 4.67. The summed E-state index contributed by atoms with van der Waals surface area (Å²) < 4.78 is 6.73. The Morgan fingerprint density at radius 1 is 1.13 bits per heavy atom. The summed E-state index contributed by atoms with van der Waals surface area (Å²) in [7, 11) is 1.71. The zero-order valence-electron chi connectivity index (χ0n) is 16.6. The molecule has 0 saturated carbocycles. The largest absolute Gasteiger partial charge is 0.291 e. The summed E-state index contributed by atoms with van der Waals surface area (Å²) in [6.45, 7) is 0. The maximum absolute atomic E-state index is 13.4. The zero-order valence-corrected chi connectivity index (χ0v) is 19.0. The summed E-state index contributed by atoms with van der Waals surface area (Å²) in [4.78, 5) is 31.6. The van der Waals surface area contributed by atoms with E-state index in [0.29, 0.717) is 22.3 Å². The van der Waals surface area contributed by atoms with E-state index < -0.39 is 5.92 Å². The number of anilines is 1. The number of hydrogen-bond acceptors (Lipinski definition) is 6. The van der Waals surface area contributed by atoms with Gasteiger partial charge in [0.2, 0.25) is 5.91 Å². The molecule has 0 unspecified atom stereocenters. The van der Waals surface area contributed by atoms with E-state index >= 15 is 0 Å². The zero-order chi connectivity index (χ0) is 21.8. The molecule has 2 heterocycles. The maximum atomic E-state index is 13.4. The first-order valence-corrected chi connectivity index (χ1v) is 11.6. The van der Waals surface area contributed by atoms with Crippen molar-refractivity contribution >= 4 is 45.7 Å². The van der Waals surface area contributed by atoms with E-state index in [4.69, 9.17) is 11.6 Å². The van der Waals surface area contributed by atoms with Crippen molar-refractivity contribution in [3.8, 4) is 11.3 Å². The third-order valence-electron chi connectivity index (χ3n) is 4.93. The number of aromatic amines is 1. The number of rotatable bonds is 7. The number of carbonyl (C=O) groups excluding carboxylic acids is 1. The molecule has 31 heavy (non-hydrogen) atoms. The van der Waals surface area contributed by atoms with Gasteiger partial charge in [0.1, 0.15) is 5.69 Å². The average molecular weight is 471 g/mol. The Bertz CT molecular complexity index is 1240. The molecule has 0 bridgehead atoms. The van der Waals surface area contributed by atoms with E-state index in [1.165, 1.54) is 11.3 Å². The van der Waals surface area contributed by atoms with E-state index in [-0.39, 0.29) is 17.9 Å². The molecule has 2 aromatic carbocycles. The van der Waals surface area contributed by atoms with Crippen molar-refractivity contribution in [1.82, 2.24) is 13.7 Å². The molecule has 0 aliphatic heterocycles. The van der Waals surface area contributed by atoms with Gasteiger partial charge >= 0.3 is 0 Å². The van der Waals surface area contributed by atoms with Crippen LogP contribution in [0.1, 0.15) is 11.3 Å². The Morgan fingerprint density at radius 3 is 2.58 bits per heavy atom. The highest BCUT2D eigenvalue weighted by Crippen LogP contribution is 2.32. The highest BCUT2D eigenvalue weighted by atomic mass is 35.5. The normalized spacial score (nSPS) is 11.9. The molecule has 4 rings (SSSR count). The van der Waals surface area contributed by atoms with Crippen LogP contribution in [-0.4, -0.2) is 26.7 Å². The third kappa shape index (κ3) is 4.92. The van der Waals surface area contributed by atoms with Gasteiger partial charge < -0.3 is 0 Å². The monoisotopic (exact) mass is 470 g/mol. The Hall–Kier alpha value is -2.81. The lowest BCUT2D eigenvalue weighted by atomic mass is 9.93. The number of H-pyrrole nitrogens is 1. The Labute approximate surface area is 192 Å². The lowest BCUT2D eigenvalue weighted by molar-refractivity contribution is -0.122. The molecule has 0 saturated heterocycles. The number of benzene rings is 2. The third-order valence-corrected chi connectivity index (χ3v) is 6.76. The van der Waals surface area contributed by atoms with Crippen LogP contribution in [0.2, 0.25) is 5.02 Å². The number of halogens is 1. The highest BCUT2D eigenvalue weighted by Gasteiger charge is 2.27. The van der Waals surface area contributed by atoms with Crippen molar-refractivity contribution < 1.29 is 4.79 Å². The smallest absolute Gasteiger partial charge is 0.281 e. The van der Waals surface area contributed by atoms with Gasteiger partial charge in [0.05, 0.1) is 5.69 Å². The van der Waals surface area contributed by atoms with E-state index in [2.05, 4.69) is 13.7 Å². The molecule has 1 N–H and O–H groups in total. The fourth-order valence-corrected chi connectivity index (χ4v) is 4.85. The fraction of sp³-hybridized carbons (Fsp3) is 0.182. The second kappa shape index (κ2) is 9.55. The van der Waals surface area contributed by atoms with Gasteiger partial charge in [0, 0.05) is 47.1 Å². The van der Waals surface area contributed by atoms with Gasteiger partial charge in [-0.3, -0.25) is 18.9 Å². The molecule has 9 heteroatoms. The summed E-state index contributed by atoms with van der Waals surface area (Å²) in [6, 6.07) is 17.2. The second-order valence-corrected chi connectivity index (χ2v) is 8.86. The van der Waals surface area contributed by atoms with Crippen molar-refractivity contribution in [1.29, 1.82) is 0 Å². The van der Waals surface area contributed by atoms with E-state index in [9.17, 15) is 9.59 Å². The molecule has 4 aromatic rings. The summed E-state index contributed by atoms with van der Waals surface area (Å²) in [5.74, 6) is -0.556. The highest BCUT2D eigenvalue weighted by molar-refractivity contribution is 7.14. The topological polar surface area (TPSA) is 79.0 Å². The van der Waals surface area contributed by atoms with Gasteiger partial charge in [-0.15, -0.1) is 11.3 Å². The molecule has 0 fully saturated rings. The van der Waals surface area contributed by atoms with Gasteiger partial charge in [-0.05, 0) is 18.1 Å². The number of carbonyl (C=O) groups is 1. The lowest BCUT2D eigenvalue weighted by Gasteiger charge is -2.21. The van der Waals surface area contributed by atoms with Gasteiger partial charge in [0.15, 0.2) is 5.13 Å². The molecule has 6 nitrogen and oxygen atoms in total. The minimum atomic E-state index is -0.441. The minimum absolute atomic E-state index is 0.115. The van der Waals surface area contributed by atoms with Crippen LogP contribution in [0.15, 0.2) is 64.8 Å². The van der Waals surface area contributed by atoms with Crippen molar-refractivity contribution in [3.63, 3.8) is 0 Å². The first-order chi connectivity index (χ1) is 15.0. The minimum Gasteiger partial charge on any atom is -0.291 e. The molecular weight excluding hydrogens is 452 g/mol. The molecule has 1 atom stereocenters. The van der Waals surface area contributed by atoms with Crippen molar-refractivity contribution in [2.75, 3.05) is 11.9 Å². The van der Waals surface area contributed by atoms with Crippen LogP contribution in [0.3, 0.4) is 0 Å².